The van der Waals surface area contributed by atoms with Crippen LogP contribution in [0.5, 0.6) is 34.5 Å². The van der Waals surface area contributed by atoms with Crippen molar-refractivity contribution in [1.82, 2.24) is 0 Å². The van der Waals surface area contributed by atoms with Gasteiger partial charge in [-0.25, -0.2) is 9.59 Å². The Bertz CT molecular complexity index is 3460. The minimum atomic E-state index is -0.918. The van der Waals surface area contributed by atoms with Gasteiger partial charge in [-0.3, -0.25) is 24.2 Å². The number of aliphatic hydroxyl groups is 1. The van der Waals surface area contributed by atoms with Gasteiger partial charge in [0, 0.05) is 69.7 Å². The monoisotopic (exact) mass is 1290 g/mol. The standard InChI is InChI=1S/C23H28N2O5.C22H26N2O5.C20H24N2O3.C4H8O.CH4O.Na.H2O/c1-6-29-22(28)25-14-20(30-19-10-8-7-9-17(19)25)21(27)24(5)15-11-12-16(18(26)13-15)23(2,3)4;1-5-28-21(27)24-13-19(29-18-9-7-6-8-16(18)24)20(26)23-14-10-11-15(17(25)12-14)22(2,3)4;1-20(2,3)14-10-9-13(11-16(14)23)22(4)19(24)18-12-21-15-7-5-6-8-17(15)25-18;1-2-4-5-3-1;1-2;;/h7-13,20,26H,6,14H2,1-5H3;6-12,19,25H,5,13H2,1-4H3,(H,23,26);5-11,18,21,23H,12H2,1-4H3;1-4H2;2H,1H3;;1H2/q;;;;;+1;/p-1. The quantitative estimate of drug-likeness (QED) is 0.0775. The molecule has 3 unspecified atom stereocenters. The van der Waals surface area contributed by atoms with Gasteiger partial charge < -0.3 is 74.8 Å². The molecule has 93 heavy (non-hydrogen) atoms. The number of hydrogen-bond donors (Lipinski definition) is 6. The number of phenolic OH excluding ortho intramolecular Hbond substituents is 3. The number of carbonyl (C=O) groups excluding carboxylic acids is 5. The van der Waals surface area contributed by atoms with E-state index < -0.39 is 36.4 Å². The smallest absolute Gasteiger partial charge is 0.870 e. The topological polar surface area (TPSA) is 289 Å². The Morgan fingerprint density at radius 3 is 1.35 bits per heavy atom. The third-order valence-corrected chi connectivity index (χ3v) is 14.9. The van der Waals surface area contributed by atoms with E-state index in [1.165, 1.54) is 38.5 Å². The van der Waals surface area contributed by atoms with E-state index in [4.69, 9.17) is 33.5 Å². The van der Waals surface area contributed by atoms with Crippen LogP contribution < -0.4 is 74.0 Å². The molecular weight excluding hydrogens is 1200 g/mol. The maximum Gasteiger partial charge on any atom is 1.00 e. The van der Waals surface area contributed by atoms with Gasteiger partial charge in [0.2, 0.25) is 0 Å². The summed E-state index contributed by atoms with van der Waals surface area (Å²) >= 11 is 0. The third-order valence-electron chi connectivity index (χ3n) is 14.9. The van der Waals surface area contributed by atoms with Crippen molar-refractivity contribution in [3.05, 3.63) is 144 Å². The number of phenols is 3. The molecule has 1 saturated heterocycles. The van der Waals surface area contributed by atoms with Gasteiger partial charge >= 0.3 is 41.7 Å². The SMILES string of the molecule is C1CCOC1.CCOC(=O)N1CC(C(=O)N(C)c2ccc(C(C)(C)C)c(O)c2)Oc2ccccc21.CCOC(=O)N1CC(C(=O)Nc2ccc(C(C)(C)C)c(O)c2)Oc2ccccc21.CN(C(=O)C1CNc2ccccc2O1)c1ccc(C(C)(C)C)c(O)c1.CO.[Na+].[OH-]. The van der Waals surface area contributed by atoms with Crippen molar-refractivity contribution in [2.75, 3.05) is 97.5 Å². The van der Waals surface area contributed by atoms with Crippen molar-refractivity contribution >= 4 is 64.0 Å². The van der Waals surface area contributed by atoms with Gasteiger partial charge in [-0.15, -0.1) is 0 Å². The maximum absolute atomic E-state index is 13.2. The van der Waals surface area contributed by atoms with E-state index in [2.05, 4.69) is 10.6 Å². The predicted octanol–water partition coefficient (Wildman–Crippen LogP) is 8.89. The normalized spacial score (nSPS) is 15.8. The summed E-state index contributed by atoms with van der Waals surface area (Å²) in [5.41, 5.74) is 5.46. The number of ether oxygens (including phenoxy) is 6. The number of anilines is 6. The first kappa shape index (κ1) is 77.2. The molecule has 22 nitrogen and oxygen atoms in total. The summed E-state index contributed by atoms with van der Waals surface area (Å²) in [6, 6.07) is 37.1. The predicted molar refractivity (Wildman–Crippen MR) is 356 cm³/mol. The summed E-state index contributed by atoms with van der Waals surface area (Å²) in [5.74, 6) is 1.06. The van der Waals surface area contributed by atoms with Crippen LogP contribution in [-0.4, -0.2) is 141 Å². The van der Waals surface area contributed by atoms with Crippen LogP contribution in [0, 0.1) is 0 Å². The number of likely N-dealkylation sites (N-methyl/N-ethyl adjacent to an activating group) is 2. The molecule has 0 aliphatic carbocycles. The first-order chi connectivity index (χ1) is 43.1. The maximum atomic E-state index is 13.2. The Kier molecular flexibility index (Phi) is 28.7. The number of aliphatic hydroxyl groups excluding tert-OH is 1. The van der Waals surface area contributed by atoms with Gasteiger partial charge in [-0.1, -0.05) is 117 Å². The Hall–Kier alpha value is -8.25. The van der Waals surface area contributed by atoms with Gasteiger partial charge in [0.1, 0.15) is 34.5 Å². The molecule has 3 atom stereocenters. The number of fused-ring (bicyclic) bond motifs is 3. The molecule has 6 aromatic carbocycles. The largest absolute Gasteiger partial charge is 1.00 e. The van der Waals surface area contributed by atoms with E-state index in [1.54, 1.807) is 107 Å². The van der Waals surface area contributed by atoms with E-state index in [9.17, 15) is 39.3 Å². The van der Waals surface area contributed by atoms with E-state index in [1.807, 2.05) is 105 Å². The Balaban J connectivity index is 0.000000280. The number of para-hydroxylation sites is 6. The van der Waals surface area contributed by atoms with Crippen molar-refractivity contribution in [1.29, 1.82) is 0 Å². The number of nitrogens with zero attached hydrogens (tertiary/aromatic N) is 4. The van der Waals surface area contributed by atoms with Crippen molar-refractivity contribution in [2.45, 2.75) is 124 Å². The fraction of sp³-hybridized carbons (Fsp3) is 0.414. The summed E-state index contributed by atoms with van der Waals surface area (Å²) in [6.07, 6.45) is -0.934. The van der Waals surface area contributed by atoms with Gasteiger partial charge in [0.15, 0.2) is 18.3 Å². The Labute approximate surface area is 568 Å². The van der Waals surface area contributed by atoms with Crippen molar-refractivity contribution in [3.8, 4) is 34.5 Å². The molecule has 498 valence electrons. The minimum Gasteiger partial charge on any atom is -0.870 e. The van der Waals surface area contributed by atoms with Crippen molar-refractivity contribution in [2.24, 2.45) is 0 Å². The van der Waals surface area contributed by atoms with Crippen LogP contribution in [0.3, 0.4) is 0 Å². The molecular formula is C70H91N6NaO16. The molecule has 4 aliphatic rings. The number of hydrogen-bond acceptors (Lipinski definition) is 17. The van der Waals surface area contributed by atoms with E-state index >= 15 is 0 Å². The molecule has 10 rings (SSSR count). The molecule has 6 aromatic rings. The molecule has 4 aliphatic heterocycles. The molecule has 1 fully saturated rings. The fourth-order valence-corrected chi connectivity index (χ4v) is 10.1. The van der Waals surface area contributed by atoms with Crippen molar-refractivity contribution in [3.63, 3.8) is 0 Å². The summed E-state index contributed by atoms with van der Waals surface area (Å²) in [6.45, 7) is 24.5. The van der Waals surface area contributed by atoms with E-state index in [0.29, 0.717) is 52.2 Å². The van der Waals surface area contributed by atoms with E-state index in [0.717, 1.165) is 42.7 Å². The fourth-order valence-electron chi connectivity index (χ4n) is 10.1. The number of nitrogens with one attached hydrogen (secondary N) is 2. The van der Waals surface area contributed by atoms with Crippen LogP contribution in [0.4, 0.5) is 43.7 Å². The zero-order valence-electron chi connectivity index (χ0n) is 56.2. The first-order valence-electron chi connectivity index (χ1n) is 30.4. The zero-order valence-corrected chi connectivity index (χ0v) is 58.2. The van der Waals surface area contributed by atoms with Crippen LogP contribution in [0.2, 0.25) is 0 Å². The van der Waals surface area contributed by atoms with Crippen LogP contribution in [0.1, 0.15) is 106 Å². The molecule has 0 aromatic heterocycles. The number of aromatic hydroxyl groups is 3. The molecule has 7 N–H and O–H groups in total. The summed E-state index contributed by atoms with van der Waals surface area (Å²) in [5, 5.41) is 44.0. The van der Waals surface area contributed by atoms with Gasteiger partial charge in [0.05, 0.1) is 49.9 Å². The van der Waals surface area contributed by atoms with Gasteiger partial charge in [-0.2, -0.15) is 0 Å². The summed E-state index contributed by atoms with van der Waals surface area (Å²) in [7, 11) is 4.31. The average molecular weight is 1300 g/mol. The second kappa shape index (κ2) is 34.6. The molecule has 0 spiro atoms. The number of amides is 5. The third kappa shape index (κ3) is 20.4. The van der Waals surface area contributed by atoms with Gasteiger partial charge in [-0.05, 0) is 114 Å². The average Bonchev–Trinajstić information content (AvgIpc) is 1.49. The Morgan fingerprint density at radius 1 is 0.548 bits per heavy atom. The molecule has 5 amide bonds. The van der Waals surface area contributed by atoms with Crippen LogP contribution >= 0.6 is 0 Å². The molecule has 4 heterocycles. The summed E-state index contributed by atoms with van der Waals surface area (Å²) < 4.78 is 32.7. The number of benzene rings is 6. The molecule has 0 saturated carbocycles. The summed E-state index contributed by atoms with van der Waals surface area (Å²) in [4.78, 5) is 69.3. The molecule has 0 radical (unpaired) electrons. The molecule has 23 heteroatoms. The van der Waals surface area contributed by atoms with Crippen LogP contribution in [0.25, 0.3) is 0 Å². The number of rotatable bonds is 8. The van der Waals surface area contributed by atoms with Crippen LogP contribution in [0.15, 0.2) is 127 Å². The number of carbonyl (C=O) groups is 5. The second-order valence-electron chi connectivity index (χ2n) is 24.7. The van der Waals surface area contributed by atoms with Crippen LogP contribution in [-0.2, 0) is 44.8 Å². The Morgan fingerprint density at radius 2 is 0.935 bits per heavy atom. The zero-order chi connectivity index (χ0) is 67.0. The first-order valence-corrected chi connectivity index (χ1v) is 30.4. The van der Waals surface area contributed by atoms with E-state index in [-0.39, 0.29) is 107 Å². The van der Waals surface area contributed by atoms with Crippen molar-refractivity contribution < 1.29 is 108 Å². The minimum absolute atomic E-state index is 0. The second-order valence-corrected chi connectivity index (χ2v) is 24.7. The van der Waals surface area contributed by atoms with Gasteiger partial charge in [0.25, 0.3) is 17.7 Å². The molecule has 0 bridgehead atoms.